The molecule has 0 N–H and O–H groups in total. The van der Waals surface area contributed by atoms with E-state index in [1.807, 2.05) is 6.08 Å². The number of benzene rings is 1. The van der Waals surface area contributed by atoms with E-state index in [9.17, 15) is 0 Å². The molecule has 0 aliphatic rings. The monoisotopic (exact) mass is 158 g/mol. The van der Waals surface area contributed by atoms with Crippen LogP contribution in [0.2, 0.25) is 0 Å². The van der Waals surface area contributed by atoms with Gasteiger partial charge in [-0.25, -0.2) is 0 Å². The normalized spacial score (nSPS) is 9.08. The second kappa shape index (κ2) is 4.58. The summed E-state index contributed by atoms with van der Waals surface area (Å²) in [5, 5.41) is 0. The third-order valence-electron chi connectivity index (χ3n) is 1.84. The minimum Gasteiger partial charge on any atom is -0.133 e. The Labute approximate surface area is 74.2 Å². The zero-order valence-electron chi connectivity index (χ0n) is 7.51. The van der Waals surface area contributed by atoms with Gasteiger partial charge in [-0.1, -0.05) is 36.4 Å². The first-order valence-corrected chi connectivity index (χ1v) is 4.23. The Morgan fingerprint density at radius 1 is 1.33 bits per heavy atom. The Bertz CT molecular complexity index is 273. The molecule has 0 heterocycles. The van der Waals surface area contributed by atoms with E-state index in [0.717, 1.165) is 12.8 Å². The Balaban J connectivity index is 2.53. The molecule has 0 bridgehead atoms. The van der Waals surface area contributed by atoms with E-state index >= 15 is 0 Å². The lowest BCUT2D eigenvalue weighted by Gasteiger charge is -1.97. The fourth-order valence-corrected chi connectivity index (χ4v) is 1.10. The van der Waals surface area contributed by atoms with Gasteiger partial charge in [-0.2, -0.15) is 0 Å². The number of aryl methyl sites for hydroxylation is 2. The summed E-state index contributed by atoms with van der Waals surface area (Å²) in [5.74, 6) is 0. The van der Waals surface area contributed by atoms with Crippen molar-refractivity contribution in [3.05, 3.63) is 53.8 Å². The summed E-state index contributed by atoms with van der Waals surface area (Å²) < 4.78 is 0. The lowest BCUT2D eigenvalue weighted by atomic mass is 10.1. The molecule has 0 fully saturated rings. The maximum atomic E-state index is 3.53. The maximum absolute atomic E-state index is 3.53. The SMILES string of the molecule is C=C=CCCc1ccc(C)cc1. The van der Waals surface area contributed by atoms with Gasteiger partial charge in [-0.3, -0.25) is 0 Å². The molecule has 0 atom stereocenters. The molecule has 1 aromatic carbocycles. The van der Waals surface area contributed by atoms with Crippen LogP contribution in [0.3, 0.4) is 0 Å². The first kappa shape index (κ1) is 8.83. The van der Waals surface area contributed by atoms with E-state index in [2.05, 4.69) is 43.5 Å². The quantitative estimate of drug-likeness (QED) is 0.592. The molecule has 1 rings (SSSR count). The Hall–Kier alpha value is -1.26. The molecule has 0 aromatic heterocycles. The van der Waals surface area contributed by atoms with Crippen LogP contribution < -0.4 is 0 Å². The molecule has 1 aromatic rings. The van der Waals surface area contributed by atoms with Crippen molar-refractivity contribution in [3.63, 3.8) is 0 Å². The van der Waals surface area contributed by atoms with E-state index in [-0.39, 0.29) is 0 Å². The zero-order valence-corrected chi connectivity index (χ0v) is 7.51. The van der Waals surface area contributed by atoms with Crippen LogP contribution in [0.5, 0.6) is 0 Å². The minimum absolute atomic E-state index is 1.03. The van der Waals surface area contributed by atoms with Crippen LogP contribution in [-0.2, 0) is 6.42 Å². The standard InChI is InChI=1S/C12H14/c1-3-4-5-6-12-9-7-11(2)8-10-12/h4,7-10H,1,5-6H2,2H3. The van der Waals surface area contributed by atoms with Gasteiger partial charge < -0.3 is 0 Å². The summed E-state index contributed by atoms with van der Waals surface area (Å²) in [5.41, 5.74) is 5.47. The van der Waals surface area contributed by atoms with Crippen molar-refractivity contribution in [1.29, 1.82) is 0 Å². The van der Waals surface area contributed by atoms with E-state index in [1.54, 1.807) is 0 Å². The molecule has 0 spiro atoms. The molecule has 0 amide bonds. The van der Waals surface area contributed by atoms with Gasteiger partial charge in [0.15, 0.2) is 0 Å². The van der Waals surface area contributed by atoms with E-state index in [1.165, 1.54) is 11.1 Å². The Morgan fingerprint density at radius 2 is 2.00 bits per heavy atom. The van der Waals surface area contributed by atoms with Crippen molar-refractivity contribution in [2.24, 2.45) is 0 Å². The van der Waals surface area contributed by atoms with Crippen LogP contribution >= 0.6 is 0 Å². The van der Waals surface area contributed by atoms with Crippen LogP contribution in [0.25, 0.3) is 0 Å². The van der Waals surface area contributed by atoms with Crippen LogP contribution in [0.4, 0.5) is 0 Å². The summed E-state index contributed by atoms with van der Waals surface area (Å²) in [4.78, 5) is 0. The highest BCUT2D eigenvalue weighted by atomic mass is 13.9. The van der Waals surface area contributed by atoms with Crippen LogP contribution in [0, 0.1) is 6.92 Å². The highest BCUT2D eigenvalue weighted by molar-refractivity contribution is 5.21. The lowest BCUT2D eigenvalue weighted by molar-refractivity contribution is 1.00. The first-order valence-electron chi connectivity index (χ1n) is 4.23. The molecule has 12 heavy (non-hydrogen) atoms. The van der Waals surface area contributed by atoms with Crippen molar-refractivity contribution >= 4 is 0 Å². The van der Waals surface area contributed by atoms with Crippen molar-refractivity contribution < 1.29 is 0 Å². The first-order chi connectivity index (χ1) is 5.83. The number of hydrogen-bond acceptors (Lipinski definition) is 0. The number of rotatable bonds is 3. The fourth-order valence-electron chi connectivity index (χ4n) is 1.10. The van der Waals surface area contributed by atoms with Gasteiger partial charge in [0, 0.05) is 0 Å². The smallest absolute Gasteiger partial charge is 0.0234 e. The van der Waals surface area contributed by atoms with Gasteiger partial charge in [-0.05, 0) is 31.4 Å². The average Bonchev–Trinajstić information content (AvgIpc) is 2.09. The average molecular weight is 158 g/mol. The van der Waals surface area contributed by atoms with E-state index < -0.39 is 0 Å². The Kier molecular flexibility index (Phi) is 3.37. The molecule has 0 nitrogen and oxygen atoms in total. The summed E-state index contributed by atoms with van der Waals surface area (Å²) >= 11 is 0. The molecule has 0 saturated carbocycles. The minimum atomic E-state index is 1.03. The topological polar surface area (TPSA) is 0 Å². The lowest BCUT2D eigenvalue weighted by Crippen LogP contribution is -1.82. The molecule has 0 unspecified atom stereocenters. The van der Waals surface area contributed by atoms with Crippen molar-refractivity contribution in [2.75, 3.05) is 0 Å². The highest BCUT2D eigenvalue weighted by Gasteiger charge is 1.89. The summed E-state index contributed by atoms with van der Waals surface area (Å²) in [7, 11) is 0. The van der Waals surface area contributed by atoms with Crippen LogP contribution in [0.1, 0.15) is 17.5 Å². The molecule has 0 saturated heterocycles. The Morgan fingerprint density at radius 3 is 2.58 bits per heavy atom. The predicted octanol–water partition coefficient (Wildman–Crippen LogP) is 3.27. The van der Waals surface area contributed by atoms with Gasteiger partial charge in [-0.15, -0.1) is 5.73 Å². The third-order valence-corrected chi connectivity index (χ3v) is 1.84. The molecule has 0 aliphatic carbocycles. The van der Waals surface area contributed by atoms with Crippen LogP contribution in [-0.4, -0.2) is 0 Å². The summed E-state index contributed by atoms with van der Waals surface area (Å²) in [6.07, 6.45) is 4.09. The molecule has 0 aliphatic heterocycles. The van der Waals surface area contributed by atoms with Crippen molar-refractivity contribution in [3.8, 4) is 0 Å². The van der Waals surface area contributed by atoms with Crippen molar-refractivity contribution in [1.82, 2.24) is 0 Å². The van der Waals surface area contributed by atoms with Gasteiger partial charge >= 0.3 is 0 Å². The van der Waals surface area contributed by atoms with Gasteiger partial charge in [0.2, 0.25) is 0 Å². The van der Waals surface area contributed by atoms with E-state index in [0.29, 0.717) is 0 Å². The molecule has 0 heteroatoms. The molecular weight excluding hydrogens is 144 g/mol. The summed E-state index contributed by atoms with van der Waals surface area (Å²) in [6, 6.07) is 8.64. The second-order valence-electron chi connectivity index (χ2n) is 2.93. The largest absolute Gasteiger partial charge is 0.133 e. The maximum Gasteiger partial charge on any atom is -0.0234 e. The van der Waals surface area contributed by atoms with Gasteiger partial charge in [0.25, 0.3) is 0 Å². The second-order valence-corrected chi connectivity index (χ2v) is 2.93. The zero-order chi connectivity index (χ0) is 8.81. The van der Waals surface area contributed by atoms with Crippen molar-refractivity contribution in [2.45, 2.75) is 19.8 Å². The highest BCUT2D eigenvalue weighted by Crippen LogP contribution is 2.05. The fraction of sp³-hybridized carbons (Fsp3) is 0.250. The molecular formula is C12H14. The van der Waals surface area contributed by atoms with E-state index in [4.69, 9.17) is 0 Å². The number of hydrogen-bond donors (Lipinski definition) is 0. The number of allylic oxidation sites excluding steroid dienone is 1. The third kappa shape index (κ3) is 2.77. The predicted molar refractivity (Wildman–Crippen MR) is 53.2 cm³/mol. The van der Waals surface area contributed by atoms with Gasteiger partial charge in [0.1, 0.15) is 0 Å². The molecule has 62 valence electrons. The van der Waals surface area contributed by atoms with Gasteiger partial charge in [0.05, 0.1) is 0 Å². The van der Waals surface area contributed by atoms with Crippen LogP contribution in [0.15, 0.2) is 42.7 Å². The molecule has 0 radical (unpaired) electrons. The summed E-state index contributed by atoms with van der Waals surface area (Å²) in [6.45, 7) is 5.63.